The van der Waals surface area contributed by atoms with E-state index in [9.17, 15) is 18.8 Å². The SMILES string of the molecule is CC(=O)Nc1cccc(C(=O)N2C[C@@H](F)C[C@H]2Cn2cc(C(=O)NC(C)C)nn2)c1. The lowest BCUT2D eigenvalue weighted by atomic mass is 10.1. The van der Waals surface area contributed by atoms with Crippen LogP contribution in [-0.2, 0) is 11.3 Å². The van der Waals surface area contributed by atoms with Gasteiger partial charge in [0.05, 0.1) is 25.3 Å². The molecule has 0 radical (unpaired) electrons. The van der Waals surface area contributed by atoms with Crippen molar-refractivity contribution >= 4 is 23.4 Å². The third kappa shape index (κ3) is 5.19. The molecular formula is C20H25FN6O3. The van der Waals surface area contributed by atoms with Gasteiger partial charge in [0.15, 0.2) is 5.69 Å². The molecule has 0 unspecified atom stereocenters. The number of benzene rings is 1. The quantitative estimate of drug-likeness (QED) is 0.744. The van der Waals surface area contributed by atoms with Crippen molar-refractivity contribution in [2.45, 2.75) is 52.0 Å². The molecule has 160 valence electrons. The number of likely N-dealkylation sites (tertiary alicyclic amines) is 1. The molecule has 1 saturated heterocycles. The van der Waals surface area contributed by atoms with Crippen molar-refractivity contribution in [1.82, 2.24) is 25.2 Å². The zero-order valence-electron chi connectivity index (χ0n) is 17.1. The molecule has 2 N–H and O–H groups in total. The van der Waals surface area contributed by atoms with E-state index in [4.69, 9.17) is 0 Å². The lowest BCUT2D eigenvalue weighted by molar-refractivity contribution is -0.114. The van der Waals surface area contributed by atoms with Crippen molar-refractivity contribution in [3.8, 4) is 0 Å². The second-order valence-corrected chi connectivity index (χ2v) is 7.66. The molecule has 1 aromatic heterocycles. The number of carbonyl (C=O) groups is 3. The van der Waals surface area contributed by atoms with E-state index in [1.54, 1.807) is 24.3 Å². The van der Waals surface area contributed by atoms with Crippen molar-refractivity contribution in [3.05, 3.63) is 41.7 Å². The molecule has 3 amide bonds. The summed E-state index contributed by atoms with van der Waals surface area (Å²) in [6.07, 6.45) is 0.512. The summed E-state index contributed by atoms with van der Waals surface area (Å²) in [6.45, 7) is 5.26. The fraction of sp³-hybridized carbons (Fsp3) is 0.450. The molecule has 0 bridgehead atoms. The topological polar surface area (TPSA) is 109 Å². The Kier molecular flexibility index (Phi) is 6.43. The lowest BCUT2D eigenvalue weighted by Gasteiger charge is -2.24. The number of aromatic nitrogens is 3. The third-order valence-electron chi connectivity index (χ3n) is 4.64. The number of amides is 3. The van der Waals surface area contributed by atoms with Crippen LogP contribution in [0.5, 0.6) is 0 Å². The minimum Gasteiger partial charge on any atom is -0.348 e. The molecule has 3 rings (SSSR count). The monoisotopic (exact) mass is 416 g/mol. The number of hydrogen-bond donors (Lipinski definition) is 2. The molecule has 30 heavy (non-hydrogen) atoms. The fourth-order valence-corrected chi connectivity index (χ4v) is 3.42. The summed E-state index contributed by atoms with van der Waals surface area (Å²) >= 11 is 0. The summed E-state index contributed by atoms with van der Waals surface area (Å²) in [5.41, 5.74) is 1.02. The molecular weight excluding hydrogens is 391 g/mol. The highest BCUT2D eigenvalue weighted by Crippen LogP contribution is 2.25. The second kappa shape index (κ2) is 9.02. The van der Waals surface area contributed by atoms with Crippen molar-refractivity contribution in [2.75, 3.05) is 11.9 Å². The predicted molar refractivity (Wildman–Crippen MR) is 108 cm³/mol. The van der Waals surface area contributed by atoms with E-state index in [2.05, 4.69) is 20.9 Å². The van der Waals surface area contributed by atoms with E-state index >= 15 is 0 Å². The Morgan fingerprint density at radius 1 is 1.30 bits per heavy atom. The highest BCUT2D eigenvalue weighted by Gasteiger charge is 2.36. The fourth-order valence-electron chi connectivity index (χ4n) is 3.42. The number of rotatable bonds is 6. The third-order valence-corrected chi connectivity index (χ3v) is 4.64. The van der Waals surface area contributed by atoms with Crippen LogP contribution in [0.25, 0.3) is 0 Å². The van der Waals surface area contributed by atoms with E-state index in [0.717, 1.165) is 0 Å². The van der Waals surface area contributed by atoms with Crippen LogP contribution in [0.4, 0.5) is 10.1 Å². The van der Waals surface area contributed by atoms with E-state index < -0.39 is 12.2 Å². The smallest absolute Gasteiger partial charge is 0.273 e. The average molecular weight is 416 g/mol. The number of carbonyl (C=O) groups excluding carboxylic acids is 3. The second-order valence-electron chi connectivity index (χ2n) is 7.66. The van der Waals surface area contributed by atoms with Gasteiger partial charge in [0, 0.05) is 30.6 Å². The van der Waals surface area contributed by atoms with Crippen LogP contribution in [-0.4, -0.2) is 62.4 Å². The molecule has 1 aliphatic rings. The van der Waals surface area contributed by atoms with E-state index in [-0.39, 0.29) is 49.0 Å². The number of halogens is 1. The van der Waals surface area contributed by atoms with Crippen molar-refractivity contribution < 1.29 is 18.8 Å². The van der Waals surface area contributed by atoms with Gasteiger partial charge in [-0.3, -0.25) is 14.4 Å². The van der Waals surface area contributed by atoms with Gasteiger partial charge in [-0.15, -0.1) is 5.10 Å². The number of nitrogens with zero attached hydrogens (tertiary/aromatic N) is 4. The first-order valence-corrected chi connectivity index (χ1v) is 9.76. The lowest BCUT2D eigenvalue weighted by Crippen LogP contribution is -2.38. The maximum Gasteiger partial charge on any atom is 0.273 e. The molecule has 2 aromatic rings. The minimum absolute atomic E-state index is 0.0245. The van der Waals surface area contributed by atoms with Crippen molar-refractivity contribution in [1.29, 1.82) is 0 Å². The Hall–Kier alpha value is -3.30. The Morgan fingerprint density at radius 2 is 2.07 bits per heavy atom. The first-order valence-electron chi connectivity index (χ1n) is 9.76. The van der Waals surface area contributed by atoms with Crippen LogP contribution in [0.3, 0.4) is 0 Å². The van der Waals surface area contributed by atoms with Crippen LogP contribution >= 0.6 is 0 Å². The molecule has 10 heteroatoms. The van der Waals surface area contributed by atoms with Crippen LogP contribution in [0, 0.1) is 0 Å². The molecule has 0 aliphatic carbocycles. The van der Waals surface area contributed by atoms with Crippen LogP contribution in [0.15, 0.2) is 30.5 Å². The zero-order valence-corrected chi connectivity index (χ0v) is 17.1. The van der Waals surface area contributed by atoms with E-state index in [1.807, 2.05) is 13.8 Å². The van der Waals surface area contributed by atoms with Crippen LogP contribution < -0.4 is 10.6 Å². The van der Waals surface area contributed by atoms with Crippen molar-refractivity contribution in [2.24, 2.45) is 0 Å². The minimum atomic E-state index is -1.15. The summed E-state index contributed by atoms with van der Waals surface area (Å²) in [6, 6.07) is 6.06. The van der Waals surface area contributed by atoms with Gasteiger partial charge in [0.25, 0.3) is 11.8 Å². The largest absolute Gasteiger partial charge is 0.348 e. The van der Waals surface area contributed by atoms with Crippen LogP contribution in [0.1, 0.15) is 48.0 Å². The normalized spacial score (nSPS) is 18.5. The van der Waals surface area contributed by atoms with Gasteiger partial charge in [-0.25, -0.2) is 9.07 Å². The standard InChI is InChI=1S/C20H25FN6O3/c1-12(2)22-19(29)18-11-26(25-24-18)10-17-8-15(21)9-27(17)20(30)14-5-4-6-16(7-14)23-13(3)28/h4-7,11-12,15,17H,8-10H2,1-3H3,(H,22,29)(H,23,28)/t15-,17-/m0/s1. The van der Waals surface area contributed by atoms with E-state index in [0.29, 0.717) is 11.3 Å². The Labute approximate surface area is 173 Å². The number of alkyl halides is 1. The zero-order chi connectivity index (χ0) is 21.8. The summed E-state index contributed by atoms with van der Waals surface area (Å²) < 4.78 is 15.6. The van der Waals surface area contributed by atoms with Gasteiger partial charge in [-0.2, -0.15) is 0 Å². The van der Waals surface area contributed by atoms with Crippen LogP contribution in [0.2, 0.25) is 0 Å². The molecule has 9 nitrogen and oxygen atoms in total. The van der Waals surface area contributed by atoms with Gasteiger partial charge in [0.2, 0.25) is 5.91 Å². The highest BCUT2D eigenvalue weighted by molar-refractivity contribution is 5.97. The highest BCUT2D eigenvalue weighted by atomic mass is 19.1. The van der Waals surface area contributed by atoms with Gasteiger partial charge < -0.3 is 15.5 Å². The van der Waals surface area contributed by atoms with E-state index in [1.165, 1.54) is 22.7 Å². The molecule has 1 aliphatic heterocycles. The predicted octanol–water partition coefficient (Wildman–Crippen LogP) is 1.63. The number of nitrogens with one attached hydrogen (secondary N) is 2. The number of anilines is 1. The summed E-state index contributed by atoms with van der Waals surface area (Å²) in [4.78, 5) is 37.8. The Morgan fingerprint density at radius 3 is 2.77 bits per heavy atom. The molecule has 0 spiro atoms. The Bertz CT molecular complexity index is 944. The number of hydrogen-bond acceptors (Lipinski definition) is 5. The molecule has 2 heterocycles. The molecule has 0 saturated carbocycles. The average Bonchev–Trinajstić information content (AvgIpc) is 3.27. The maximum atomic E-state index is 14.2. The van der Waals surface area contributed by atoms with Gasteiger partial charge in [-0.05, 0) is 32.0 Å². The summed E-state index contributed by atoms with van der Waals surface area (Å²) in [7, 11) is 0. The first-order chi connectivity index (χ1) is 14.2. The van der Waals surface area contributed by atoms with Gasteiger partial charge in [-0.1, -0.05) is 11.3 Å². The first kappa shape index (κ1) is 21.4. The summed E-state index contributed by atoms with van der Waals surface area (Å²) in [5, 5.41) is 13.2. The Balaban J connectivity index is 1.73. The van der Waals surface area contributed by atoms with Crippen molar-refractivity contribution in [3.63, 3.8) is 0 Å². The maximum absolute atomic E-state index is 14.2. The summed E-state index contributed by atoms with van der Waals surface area (Å²) in [5.74, 6) is -0.912. The molecule has 1 aromatic carbocycles. The molecule has 1 fully saturated rings. The van der Waals surface area contributed by atoms with Gasteiger partial charge in [0.1, 0.15) is 6.17 Å². The molecule has 2 atom stereocenters. The van der Waals surface area contributed by atoms with Gasteiger partial charge >= 0.3 is 0 Å².